The van der Waals surface area contributed by atoms with E-state index in [9.17, 15) is 24.9 Å². The zero-order valence-electron chi connectivity index (χ0n) is 25.2. The molecule has 0 aliphatic heterocycles. The van der Waals surface area contributed by atoms with Gasteiger partial charge in [0.15, 0.2) is 5.78 Å². The van der Waals surface area contributed by atoms with Gasteiger partial charge in [0.25, 0.3) is 0 Å². The number of carbonyl (C=O) groups excluding carboxylic acids is 3. The summed E-state index contributed by atoms with van der Waals surface area (Å²) in [5, 5.41) is 19.5. The van der Waals surface area contributed by atoms with Crippen LogP contribution in [0, 0.1) is 62.1 Å². The molecule has 3 aliphatic rings. The first kappa shape index (κ1) is 30.5. The standard InChI is InChI=1S/C32H50N2O4/c1-20-17-28(4,5)12-14-32(20,27(37)34-38)15-13-29(6,7)31(9)11-10-24-22(3)26(36)23(19-33)18-30(24,8)25(31)16-21(2)35/h18,20,22,24-25,38H,10-17H2,1-9H3,(H,34,37)/t20?,22-,24-,25+,30-,31+,32-/m0/s1. The van der Waals surface area contributed by atoms with Crippen LogP contribution in [0.2, 0.25) is 0 Å². The molecule has 0 aromatic rings. The van der Waals surface area contributed by atoms with Crippen LogP contribution >= 0.6 is 0 Å². The molecule has 7 atom stereocenters. The van der Waals surface area contributed by atoms with Gasteiger partial charge in [-0.2, -0.15) is 5.26 Å². The van der Waals surface area contributed by atoms with E-state index in [1.54, 1.807) is 6.92 Å². The summed E-state index contributed by atoms with van der Waals surface area (Å²) in [5.41, 5.74) is 0.828. The van der Waals surface area contributed by atoms with Gasteiger partial charge < -0.3 is 4.79 Å². The lowest BCUT2D eigenvalue weighted by Crippen LogP contribution is -2.58. The number of hydrogen-bond acceptors (Lipinski definition) is 5. The van der Waals surface area contributed by atoms with Crippen LogP contribution in [0.4, 0.5) is 0 Å². The Morgan fingerprint density at radius 2 is 1.79 bits per heavy atom. The molecule has 1 unspecified atom stereocenters. The van der Waals surface area contributed by atoms with Gasteiger partial charge in [-0.3, -0.25) is 14.8 Å². The number of ketones is 2. The van der Waals surface area contributed by atoms with Gasteiger partial charge in [0.2, 0.25) is 5.91 Å². The van der Waals surface area contributed by atoms with Crippen molar-refractivity contribution in [1.29, 1.82) is 5.26 Å². The third kappa shape index (κ3) is 4.89. The Kier molecular flexibility index (Phi) is 8.19. The van der Waals surface area contributed by atoms with Crippen molar-refractivity contribution in [2.75, 3.05) is 0 Å². The second kappa shape index (κ2) is 10.2. The number of fused-ring (bicyclic) bond motifs is 1. The average molecular weight is 527 g/mol. The molecule has 0 radical (unpaired) electrons. The van der Waals surface area contributed by atoms with Crippen LogP contribution < -0.4 is 5.48 Å². The molecule has 6 nitrogen and oxygen atoms in total. The normalized spacial score (nSPS) is 39.0. The minimum Gasteiger partial charge on any atom is -0.300 e. The van der Waals surface area contributed by atoms with Crippen molar-refractivity contribution in [3.05, 3.63) is 11.6 Å². The molecular formula is C32H50N2O4. The Balaban J connectivity index is 2.02. The number of hydroxylamine groups is 1. The molecule has 3 aliphatic carbocycles. The van der Waals surface area contributed by atoms with E-state index in [2.05, 4.69) is 54.5 Å². The molecule has 0 spiro atoms. The summed E-state index contributed by atoms with van der Waals surface area (Å²) < 4.78 is 0. The lowest BCUT2D eigenvalue weighted by atomic mass is 9.41. The van der Waals surface area contributed by atoms with Crippen LogP contribution in [0.25, 0.3) is 0 Å². The summed E-state index contributed by atoms with van der Waals surface area (Å²) in [6.45, 7) is 19.2. The van der Waals surface area contributed by atoms with Crippen molar-refractivity contribution < 1.29 is 19.6 Å². The van der Waals surface area contributed by atoms with Crippen molar-refractivity contribution >= 4 is 17.5 Å². The Morgan fingerprint density at radius 1 is 1.16 bits per heavy atom. The largest absolute Gasteiger partial charge is 0.300 e. The fraction of sp³-hybridized carbons (Fsp3) is 0.812. The minimum atomic E-state index is -0.630. The Morgan fingerprint density at radius 3 is 2.32 bits per heavy atom. The van der Waals surface area contributed by atoms with Crippen molar-refractivity contribution in [3.8, 4) is 6.07 Å². The molecule has 38 heavy (non-hydrogen) atoms. The van der Waals surface area contributed by atoms with E-state index >= 15 is 0 Å². The van der Waals surface area contributed by atoms with Crippen LogP contribution in [0.5, 0.6) is 0 Å². The van der Waals surface area contributed by atoms with Gasteiger partial charge in [0.1, 0.15) is 11.9 Å². The van der Waals surface area contributed by atoms with E-state index in [0.717, 1.165) is 38.5 Å². The molecule has 0 heterocycles. The highest BCUT2D eigenvalue weighted by molar-refractivity contribution is 6.01. The van der Waals surface area contributed by atoms with Gasteiger partial charge in [0, 0.05) is 12.3 Å². The van der Waals surface area contributed by atoms with Crippen LogP contribution in [-0.2, 0) is 14.4 Å². The number of hydrogen-bond donors (Lipinski definition) is 2. The summed E-state index contributed by atoms with van der Waals surface area (Å²) in [4.78, 5) is 38.8. The van der Waals surface area contributed by atoms with E-state index in [1.165, 1.54) is 0 Å². The smallest absolute Gasteiger partial charge is 0.249 e. The maximum Gasteiger partial charge on any atom is 0.249 e. The van der Waals surface area contributed by atoms with E-state index in [0.29, 0.717) is 12.8 Å². The van der Waals surface area contributed by atoms with Crippen molar-refractivity contribution in [3.63, 3.8) is 0 Å². The van der Waals surface area contributed by atoms with Gasteiger partial charge in [-0.05, 0) is 91.3 Å². The van der Waals surface area contributed by atoms with E-state index < -0.39 is 10.8 Å². The molecule has 3 rings (SSSR count). The predicted octanol–water partition coefficient (Wildman–Crippen LogP) is 6.82. The first-order chi connectivity index (χ1) is 17.4. The van der Waals surface area contributed by atoms with Gasteiger partial charge in [-0.25, -0.2) is 5.48 Å². The molecule has 2 saturated carbocycles. The van der Waals surface area contributed by atoms with Gasteiger partial charge >= 0.3 is 0 Å². The number of allylic oxidation sites excluding steroid dienone is 2. The fourth-order valence-corrected chi connectivity index (χ4v) is 9.01. The van der Waals surface area contributed by atoms with E-state index in [-0.39, 0.29) is 63.0 Å². The number of amides is 1. The fourth-order valence-electron chi connectivity index (χ4n) is 9.01. The second-order valence-electron chi connectivity index (χ2n) is 15.0. The van der Waals surface area contributed by atoms with Crippen LogP contribution in [0.15, 0.2) is 11.6 Å². The van der Waals surface area contributed by atoms with Crippen molar-refractivity contribution in [2.24, 2.45) is 50.7 Å². The number of nitriles is 1. The quantitative estimate of drug-likeness (QED) is 0.280. The highest BCUT2D eigenvalue weighted by atomic mass is 16.5. The molecule has 0 aromatic carbocycles. The van der Waals surface area contributed by atoms with Crippen molar-refractivity contribution in [2.45, 2.75) is 114 Å². The van der Waals surface area contributed by atoms with Gasteiger partial charge in [-0.1, -0.05) is 61.5 Å². The lowest BCUT2D eigenvalue weighted by Gasteiger charge is -2.63. The maximum absolute atomic E-state index is 13.2. The van der Waals surface area contributed by atoms with Gasteiger partial charge in [0.05, 0.1) is 11.0 Å². The summed E-state index contributed by atoms with van der Waals surface area (Å²) in [5.74, 6) is -0.295. The average Bonchev–Trinajstić information content (AvgIpc) is 2.82. The molecule has 2 N–H and O–H groups in total. The van der Waals surface area contributed by atoms with Crippen molar-refractivity contribution in [1.82, 2.24) is 5.48 Å². The van der Waals surface area contributed by atoms with Crippen LogP contribution in [-0.4, -0.2) is 22.7 Å². The van der Waals surface area contributed by atoms with E-state index in [4.69, 9.17) is 0 Å². The highest BCUT2D eigenvalue weighted by Gasteiger charge is 2.61. The van der Waals surface area contributed by atoms with Gasteiger partial charge in [-0.15, -0.1) is 0 Å². The first-order valence-electron chi connectivity index (χ1n) is 14.5. The molecular weight excluding hydrogens is 476 g/mol. The second-order valence-corrected chi connectivity index (χ2v) is 15.0. The predicted molar refractivity (Wildman–Crippen MR) is 148 cm³/mol. The zero-order valence-corrected chi connectivity index (χ0v) is 25.2. The number of carbonyl (C=O) groups is 3. The molecule has 0 bridgehead atoms. The summed E-state index contributed by atoms with van der Waals surface area (Å²) in [6.07, 6.45) is 8.09. The molecule has 0 saturated heterocycles. The minimum absolute atomic E-state index is 0.0366. The molecule has 212 valence electrons. The number of nitrogens with one attached hydrogen (secondary N) is 1. The number of Topliss-reactive ketones (excluding diaryl/α,β-unsaturated/α-hetero) is 2. The first-order valence-corrected chi connectivity index (χ1v) is 14.5. The Bertz CT molecular complexity index is 1050. The molecule has 0 aromatic heterocycles. The van der Waals surface area contributed by atoms with E-state index in [1.807, 2.05) is 18.5 Å². The Labute approximate surface area is 230 Å². The molecule has 2 fully saturated rings. The third-order valence-corrected chi connectivity index (χ3v) is 12.0. The SMILES string of the molecule is CC(=O)C[C@@H]1[C@@]2(C)C=C(C#N)C(=O)[C@@H](C)[C@@H]2CC[C@@]1(C)C(C)(C)CC[C@@]1(C(=O)NO)CCC(C)(C)CC1C. The van der Waals surface area contributed by atoms with Crippen LogP contribution in [0.3, 0.4) is 0 Å². The molecule has 1 amide bonds. The number of nitrogens with zero attached hydrogens (tertiary/aromatic N) is 1. The zero-order chi connectivity index (χ0) is 28.9. The highest BCUT2D eigenvalue weighted by Crippen LogP contribution is 2.66. The topological polar surface area (TPSA) is 107 Å². The summed E-state index contributed by atoms with van der Waals surface area (Å²) in [7, 11) is 0. The van der Waals surface area contributed by atoms with Crippen LogP contribution in [0.1, 0.15) is 114 Å². The number of rotatable bonds is 7. The summed E-state index contributed by atoms with van der Waals surface area (Å²) >= 11 is 0. The third-order valence-electron chi connectivity index (χ3n) is 12.0. The Hall–Kier alpha value is -2.00. The molecule has 6 heteroatoms. The monoisotopic (exact) mass is 526 g/mol. The maximum atomic E-state index is 13.2. The lowest BCUT2D eigenvalue weighted by molar-refractivity contribution is -0.153. The summed E-state index contributed by atoms with van der Waals surface area (Å²) in [6, 6.07) is 2.14.